The lowest BCUT2D eigenvalue weighted by molar-refractivity contribution is 0.193. The van der Waals surface area contributed by atoms with Crippen molar-refractivity contribution in [2.24, 2.45) is 16.5 Å². The Labute approximate surface area is 86.4 Å². The molecule has 0 unspecified atom stereocenters. The first-order valence-electron chi connectivity index (χ1n) is 5.06. The van der Waals surface area contributed by atoms with Crippen molar-refractivity contribution in [3.05, 3.63) is 0 Å². The third-order valence-electron chi connectivity index (χ3n) is 3.03. The molecule has 0 atom stereocenters. The molecule has 14 heavy (non-hydrogen) atoms. The van der Waals surface area contributed by atoms with Gasteiger partial charge in [0.05, 0.1) is 0 Å². The summed E-state index contributed by atoms with van der Waals surface area (Å²) in [6.45, 7) is 5.02. The monoisotopic (exact) mass is 220 g/mol. The van der Waals surface area contributed by atoms with Crippen LogP contribution in [-0.2, 0) is 10.2 Å². The van der Waals surface area contributed by atoms with Crippen LogP contribution < -0.4 is 9.86 Å². The summed E-state index contributed by atoms with van der Waals surface area (Å²) in [5, 5.41) is 4.87. The van der Waals surface area contributed by atoms with Gasteiger partial charge in [-0.15, -0.1) is 0 Å². The van der Waals surface area contributed by atoms with E-state index in [0.29, 0.717) is 17.9 Å². The van der Waals surface area contributed by atoms with Crippen LogP contribution in [0.3, 0.4) is 0 Å². The highest BCUT2D eigenvalue weighted by Gasteiger charge is 2.26. The Morgan fingerprint density at radius 3 is 2.29 bits per heavy atom. The van der Waals surface area contributed by atoms with Crippen LogP contribution in [-0.4, -0.2) is 15.0 Å². The highest BCUT2D eigenvalue weighted by molar-refractivity contribution is 7.87. The molecule has 0 radical (unpaired) electrons. The Morgan fingerprint density at radius 1 is 1.36 bits per heavy atom. The van der Waals surface area contributed by atoms with Crippen LogP contribution in [0.1, 0.15) is 39.5 Å². The Hall–Kier alpha value is -0.130. The van der Waals surface area contributed by atoms with E-state index in [-0.39, 0.29) is 0 Å². The molecule has 0 aromatic heterocycles. The molecule has 0 bridgehead atoms. The Balaban J connectivity index is 2.30. The molecule has 1 aliphatic rings. The lowest BCUT2D eigenvalue weighted by Crippen LogP contribution is -2.36. The van der Waals surface area contributed by atoms with Gasteiger partial charge in [-0.05, 0) is 37.0 Å². The van der Waals surface area contributed by atoms with Crippen LogP contribution in [0.15, 0.2) is 0 Å². The summed E-state index contributed by atoms with van der Waals surface area (Å²) < 4.78 is 23.7. The van der Waals surface area contributed by atoms with E-state index < -0.39 is 10.2 Å². The van der Waals surface area contributed by atoms with Crippen molar-refractivity contribution in [2.75, 3.05) is 6.54 Å². The summed E-state index contributed by atoms with van der Waals surface area (Å²) in [7, 11) is -3.50. The standard InChI is InChI=1S/C9H20N2O2S/c1-9(2)5-3-8(4-6-9)7-11-14(10,12)13/h8,11H,3-7H2,1-2H3,(H2,10,12,13). The molecular weight excluding hydrogens is 200 g/mol. The van der Waals surface area contributed by atoms with Crippen molar-refractivity contribution >= 4 is 10.2 Å². The lowest BCUT2D eigenvalue weighted by atomic mass is 9.73. The first-order chi connectivity index (χ1) is 6.29. The normalized spacial score (nSPS) is 23.6. The maximum atomic E-state index is 10.7. The largest absolute Gasteiger partial charge is 0.274 e. The van der Waals surface area contributed by atoms with E-state index in [1.165, 1.54) is 12.8 Å². The van der Waals surface area contributed by atoms with Gasteiger partial charge in [-0.1, -0.05) is 13.8 Å². The van der Waals surface area contributed by atoms with Crippen molar-refractivity contribution in [3.63, 3.8) is 0 Å². The van der Waals surface area contributed by atoms with Crippen LogP contribution in [0.4, 0.5) is 0 Å². The highest BCUT2D eigenvalue weighted by Crippen LogP contribution is 2.37. The van der Waals surface area contributed by atoms with Gasteiger partial charge in [0.2, 0.25) is 0 Å². The summed E-state index contributed by atoms with van der Waals surface area (Å²) in [6, 6.07) is 0. The van der Waals surface area contributed by atoms with Crippen LogP contribution in [0.25, 0.3) is 0 Å². The number of nitrogens with two attached hydrogens (primary N) is 1. The van der Waals surface area contributed by atoms with Crippen molar-refractivity contribution in [2.45, 2.75) is 39.5 Å². The fraction of sp³-hybridized carbons (Fsp3) is 1.00. The number of nitrogens with one attached hydrogen (secondary N) is 1. The molecule has 1 aliphatic carbocycles. The SMILES string of the molecule is CC1(C)CCC(CNS(N)(=O)=O)CC1. The predicted molar refractivity (Wildman–Crippen MR) is 56.8 cm³/mol. The summed E-state index contributed by atoms with van der Waals surface area (Å²) in [4.78, 5) is 0. The van der Waals surface area contributed by atoms with Gasteiger partial charge in [0.15, 0.2) is 0 Å². The van der Waals surface area contributed by atoms with Gasteiger partial charge >= 0.3 is 0 Å². The van der Waals surface area contributed by atoms with E-state index in [0.717, 1.165) is 12.8 Å². The first-order valence-corrected chi connectivity index (χ1v) is 6.60. The van der Waals surface area contributed by atoms with Gasteiger partial charge in [-0.25, -0.2) is 9.86 Å². The quantitative estimate of drug-likeness (QED) is 0.744. The zero-order valence-corrected chi connectivity index (χ0v) is 9.73. The van der Waals surface area contributed by atoms with Gasteiger partial charge in [0.25, 0.3) is 10.2 Å². The topological polar surface area (TPSA) is 72.2 Å². The molecule has 0 aromatic rings. The molecule has 3 N–H and O–H groups in total. The van der Waals surface area contributed by atoms with E-state index in [1.54, 1.807) is 0 Å². The molecule has 1 rings (SSSR count). The third-order valence-corrected chi connectivity index (χ3v) is 3.60. The molecule has 4 nitrogen and oxygen atoms in total. The molecule has 0 aromatic carbocycles. The maximum absolute atomic E-state index is 10.7. The fourth-order valence-electron chi connectivity index (χ4n) is 1.90. The highest BCUT2D eigenvalue weighted by atomic mass is 32.2. The van der Waals surface area contributed by atoms with E-state index in [1.807, 2.05) is 0 Å². The van der Waals surface area contributed by atoms with Gasteiger partial charge in [0, 0.05) is 6.54 Å². The van der Waals surface area contributed by atoms with Crippen molar-refractivity contribution in [1.82, 2.24) is 4.72 Å². The van der Waals surface area contributed by atoms with Crippen LogP contribution in [0.2, 0.25) is 0 Å². The average molecular weight is 220 g/mol. The maximum Gasteiger partial charge on any atom is 0.274 e. The molecule has 0 heterocycles. The lowest BCUT2D eigenvalue weighted by Gasteiger charge is -2.34. The van der Waals surface area contributed by atoms with Crippen LogP contribution in [0, 0.1) is 11.3 Å². The van der Waals surface area contributed by atoms with Gasteiger partial charge in [0.1, 0.15) is 0 Å². The number of hydrogen-bond donors (Lipinski definition) is 2. The summed E-state index contributed by atoms with van der Waals surface area (Å²) >= 11 is 0. The third kappa shape index (κ3) is 4.39. The Morgan fingerprint density at radius 2 is 1.86 bits per heavy atom. The number of hydrogen-bond acceptors (Lipinski definition) is 2. The molecule has 0 spiro atoms. The number of rotatable bonds is 3. The average Bonchev–Trinajstić information content (AvgIpc) is 2.01. The minimum Gasteiger partial charge on any atom is -0.216 e. The second-order valence-corrected chi connectivity index (χ2v) is 6.38. The molecule has 5 heteroatoms. The Kier molecular flexibility index (Phi) is 3.55. The van der Waals surface area contributed by atoms with E-state index in [2.05, 4.69) is 18.6 Å². The van der Waals surface area contributed by atoms with Crippen LogP contribution >= 0.6 is 0 Å². The van der Waals surface area contributed by atoms with Gasteiger partial charge in [-0.2, -0.15) is 8.42 Å². The van der Waals surface area contributed by atoms with Gasteiger partial charge < -0.3 is 0 Å². The summed E-state index contributed by atoms with van der Waals surface area (Å²) in [5.74, 6) is 0.460. The summed E-state index contributed by atoms with van der Waals surface area (Å²) in [5.41, 5.74) is 0.429. The molecule has 0 amide bonds. The van der Waals surface area contributed by atoms with Gasteiger partial charge in [-0.3, -0.25) is 0 Å². The van der Waals surface area contributed by atoms with Crippen molar-refractivity contribution in [3.8, 4) is 0 Å². The van der Waals surface area contributed by atoms with Crippen molar-refractivity contribution < 1.29 is 8.42 Å². The fourth-order valence-corrected chi connectivity index (χ4v) is 2.37. The molecule has 0 aliphatic heterocycles. The molecule has 0 saturated heterocycles. The van der Waals surface area contributed by atoms with E-state index >= 15 is 0 Å². The Bertz CT molecular complexity index is 275. The molecule has 84 valence electrons. The smallest absolute Gasteiger partial charge is 0.216 e. The molecular formula is C9H20N2O2S. The predicted octanol–water partition coefficient (Wildman–Crippen LogP) is 0.996. The van der Waals surface area contributed by atoms with E-state index in [4.69, 9.17) is 5.14 Å². The minimum atomic E-state index is -3.50. The molecule has 1 saturated carbocycles. The van der Waals surface area contributed by atoms with Crippen molar-refractivity contribution in [1.29, 1.82) is 0 Å². The summed E-state index contributed by atoms with van der Waals surface area (Å²) in [6.07, 6.45) is 4.53. The van der Waals surface area contributed by atoms with E-state index in [9.17, 15) is 8.42 Å². The second-order valence-electron chi connectivity index (χ2n) is 5.00. The zero-order valence-electron chi connectivity index (χ0n) is 8.91. The van der Waals surface area contributed by atoms with Crippen LogP contribution in [0.5, 0.6) is 0 Å². The second kappa shape index (κ2) is 4.16. The minimum absolute atomic E-state index is 0.429. The first kappa shape index (κ1) is 11.9. The zero-order chi connectivity index (χ0) is 10.8. The molecule has 1 fully saturated rings.